The predicted molar refractivity (Wildman–Crippen MR) is 86.6 cm³/mol. The Balaban J connectivity index is 1.71. The SMILES string of the molecule is CC(C)COC1CC(NC(C)CN2CCOCC2)C1(C)C. The summed E-state index contributed by atoms with van der Waals surface area (Å²) in [4.78, 5) is 2.50. The highest BCUT2D eigenvalue weighted by molar-refractivity contribution is 5.03. The smallest absolute Gasteiger partial charge is 0.0656 e. The summed E-state index contributed by atoms with van der Waals surface area (Å²) >= 11 is 0. The highest BCUT2D eigenvalue weighted by Gasteiger charge is 2.49. The number of morpholine rings is 1. The lowest BCUT2D eigenvalue weighted by molar-refractivity contribution is -0.126. The number of ether oxygens (including phenoxy) is 2. The molecule has 1 saturated heterocycles. The first-order chi connectivity index (χ1) is 9.89. The molecule has 4 heteroatoms. The number of rotatable bonds is 7. The Hall–Kier alpha value is -0.160. The predicted octanol–water partition coefficient (Wildman–Crippen LogP) is 2.14. The van der Waals surface area contributed by atoms with Gasteiger partial charge in [-0.05, 0) is 19.3 Å². The van der Waals surface area contributed by atoms with Gasteiger partial charge >= 0.3 is 0 Å². The maximum atomic E-state index is 6.05. The van der Waals surface area contributed by atoms with E-state index in [9.17, 15) is 0 Å². The van der Waals surface area contributed by atoms with Crippen LogP contribution in [0.1, 0.15) is 41.0 Å². The fourth-order valence-electron chi connectivity index (χ4n) is 3.33. The summed E-state index contributed by atoms with van der Waals surface area (Å²) in [5.41, 5.74) is 0.244. The Morgan fingerprint density at radius 3 is 2.48 bits per heavy atom. The van der Waals surface area contributed by atoms with Gasteiger partial charge in [-0.25, -0.2) is 0 Å². The van der Waals surface area contributed by atoms with E-state index in [1.54, 1.807) is 0 Å². The van der Waals surface area contributed by atoms with Crippen LogP contribution >= 0.6 is 0 Å². The molecule has 0 amide bonds. The first-order valence-electron chi connectivity index (χ1n) is 8.57. The van der Waals surface area contributed by atoms with Crippen LogP contribution in [0.4, 0.5) is 0 Å². The molecule has 1 saturated carbocycles. The topological polar surface area (TPSA) is 33.7 Å². The molecular weight excluding hydrogens is 264 g/mol. The van der Waals surface area contributed by atoms with Crippen LogP contribution in [0.25, 0.3) is 0 Å². The number of nitrogens with one attached hydrogen (secondary N) is 1. The van der Waals surface area contributed by atoms with Crippen LogP contribution < -0.4 is 5.32 Å². The Morgan fingerprint density at radius 2 is 1.90 bits per heavy atom. The van der Waals surface area contributed by atoms with Crippen LogP contribution in [-0.4, -0.2) is 62.5 Å². The van der Waals surface area contributed by atoms with E-state index in [2.05, 4.69) is 44.8 Å². The largest absolute Gasteiger partial charge is 0.379 e. The fraction of sp³-hybridized carbons (Fsp3) is 1.00. The van der Waals surface area contributed by atoms with Gasteiger partial charge in [-0.15, -0.1) is 0 Å². The van der Waals surface area contributed by atoms with Crippen LogP contribution in [0.15, 0.2) is 0 Å². The van der Waals surface area contributed by atoms with E-state index in [0.29, 0.717) is 24.1 Å². The highest BCUT2D eigenvalue weighted by atomic mass is 16.5. The molecule has 0 aromatic heterocycles. The van der Waals surface area contributed by atoms with Gasteiger partial charge in [0.2, 0.25) is 0 Å². The maximum absolute atomic E-state index is 6.05. The van der Waals surface area contributed by atoms with Crippen LogP contribution in [0.2, 0.25) is 0 Å². The highest BCUT2D eigenvalue weighted by Crippen LogP contribution is 2.43. The molecule has 2 aliphatic rings. The molecule has 4 nitrogen and oxygen atoms in total. The minimum Gasteiger partial charge on any atom is -0.379 e. The zero-order valence-corrected chi connectivity index (χ0v) is 14.5. The van der Waals surface area contributed by atoms with Crippen molar-refractivity contribution in [1.82, 2.24) is 10.2 Å². The van der Waals surface area contributed by atoms with Crippen molar-refractivity contribution in [2.45, 2.75) is 59.2 Å². The molecule has 0 aromatic rings. The number of hydrogen-bond donors (Lipinski definition) is 1. The molecule has 1 N–H and O–H groups in total. The normalized spacial score (nSPS) is 31.1. The first-order valence-corrected chi connectivity index (χ1v) is 8.57. The Labute approximate surface area is 130 Å². The zero-order valence-electron chi connectivity index (χ0n) is 14.5. The fourth-order valence-corrected chi connectivity index (χ4v) is 3.33. The van der Waals surface area contributed by atoms with E-state index in [4.69, 9.17) is 9.47 Å². The van der Waals surface area contributed by atoms with Gasteiger partial charge in [0.25, 0.3) is 0 Å². The van der Waals surface area contributed by atoms with Crippen molar-refractivity contribution >= 4 is 0 Å². The minimum absolute atomic E-state index is 0.244. The Morgan fingerprint density at radius 1 is 1.24 bits per heavy atom. The second-order valence-corrected chi connectivity index (χ2v) is 7.81. The van der Waals surface area contributed by atoms with Gasteiger partial charge in [-0.3, -0.25) is 4.90 Å². The average Bonchev–Trinajstić information content (AvgIpc) is 2.42. The standard InChI is InChI=1S/C17H34N2O2/c1-13(2)12-21-16-10-15(17(16,4)5)18-14(3)11-19-6-8-20-9-7-19/h13-16,18H,6-12H2,1-5H3. The molecule has 124 valence electrons. The van der Waals surface area contributed by atoms with Gasteiger partial charge in [0, 0.05) is 43.7 Å². The molecule has 0 aromatic carbocycles. The Kier molecular flexibility index (Phi) is 6.06. The lowest BCUT2D eigenvalue weighted by Crippen LogP contribution is -2.63. The third kappa shape index (κ3) is 4.65. The summed E-state index contributed by atoms with van der Waals surface area (Å²) in [7, 11) is 0. The lowest BCUT2D eigenvalue weighted by atomic mass is 9.64. The molecule has 1 aliphatic heterocycles. The Bertz CT molecular complexity index is 314. The first kappa shape index (κ1) is 17.2. The van der Waals surface area contributed by atoms with Crippen LogP contribution in [0.5, 0.6) is 0 Å². The van der Waals surface area contributed by atoms with Gasteiger partial charge in [-0.1, -0.05) is 27.7 Å². The van der Waals surface area contributed by atoms with Gasteiger partial charge in [0.1, 0.15) is 0 Å². The summed E-state index contributed by atoms with van der Waals surface area (Å²) in [6, 6.07) is 1.10. The molecule has 0 radical (unpaired) electrons. The summed E-state index contributed by atoms with van der Waals surface area (Å²) in [6.07, 6.45) is 1.56. The third-order valence-electron chi connectivity index (χ3n) is 4.93. The second kappa shape index (κ2) is 7.40. The summed E-state index contributed by atoms with van der Waals surface area (Å²) in [5.74, 6) is 0.619. The van der Waals surface area contributed by atoms with Crippen LogP contribution in [-0.2, 0) is 9.47 Å². The lowest BCUT2D eigenvalue weighted by Gasteiger charge is -2.53. The molecule has 21 heavy (non-hydrogen) atoms. The summed E-state index contributed by atoms with van der Waals surface area (Å²) in [5, 5.41) is 3.81. The van der Waals surface area contributed by atoms with Crippen molar-refractivity contribution in [2.75, 3.05) is 39.5 Å². The van der Waals surface area contributed by atoms with Crippen LogP contribution in [0.3, 0.4) is 0 Å². The molecule has 2 rings (SSSR count). The molecule has 1 aliphatic carbocycles. The molecular formula is C17H34N2O2. The van der Waals surface area contributed by atoms with Crippen molar-refractivity contribution in [1.29, 1.82) is 0 Å². The van der Waals surface area contributed by atoms with Crippen LogP contribution in [0, 0.1) is 11.3 Å². The van der Waals surface area contributed by atoms with Crippen molar-refractivity contribution in [2.24, 2.45) is 11.3 Å². The third-order valence-corrected chi connectivity index (χ3v) is 4.93. The van der Waals surface area contributed by atoms with Gasteiger partial charge in [-0.2, -0.15) is 0 Å². The van der Waals surface area contributed by atoms with Crippen molar-refractivity contribution in [3.05, 3.63) is 0 Å². The van der Waals surface area contributed by atoms with Gasteiger partial charge < -0.3 is 14.8 Å². The van der Waals surface area contributed by atoms with Crippen molar-refractivity contribution in [3.63, 3.8) is 0 Å². The molecule has 1 heterocycles. The number of hydrogen-bond acceptors (Lipinski definition) is 4. The van der Waals surface area contributed by atoms with Crippen molar-refractivity contribution < 1.29 is 9.47 Å². The average molecular weight is 298 g/mol. The van der Waals surface area contributed by atoms with Crippen molar-refractivity contribution in [3.8, 4) is 0 Å². The van der Waals surface area contributed by atoms with Gasteiger partial charge in [0.15, 0.2) is 0 Å². The molecule has 0 bridgehead atoms. The monoisotopic (exact) mass is 298 g/mol. The van der Waals surface area contributed by atoms with E-state index in [-0.39, 0.29) is 5.41 Å². The molecule has 2 fully saturated rings. The summed E-state index contributed by atoms with van der Waals surface area (Å²) in [6.45, 7) is 17.3. The molecule has 3 unspecified atom stereocenters. The summed E-state index contributed by atoms with van der Waals surface area (Å²) < 4.78 is 11.5. The zero-order chi connectivity index (χ0) is 15.5. The van der Waals surface area contributed by atoms with E-state index in [1.807, 2.05) is 0 Å². The maximum Gasteiger partial charge on any atom is 0.0656 e. The van der Waals surface area contributed by atoms with E-state index in [1.165, 1.54) is 0 Å². The minimum atomic E-state index is 0.244. The van der Waals surface area contributed by atoms with E-state index < -0.39 is 0 Å². The van der Waals surface area contributed by atoms with E-state index >= 15 is 0 Å². The molecule has 0 spiro atoms. The molecule has 3 atom stereocenters. The second-order valence-electron chi connectivity index (χ2n) is 7.81. The quantitative estimate of drug-likeness (QED) is 0.781. The van der Waals surface area contributed by atoms with E-state index in [0.717, 1.165) is 45.9 Å². The van der Waals surface area contributed by atoms with Gasteiger partial charge in [0.05, 0.1) is 19.3 Å². The number of nitrogens with zero attached hydrogens (tertiary/aromatic N) is 1.